The van der Waals surface area contributed by atoms with E-state index in [2.05, 4.69) is 4.98 Å². The Morgan fingerprint density at radius 2 is 2.06 bits per heavy atom. The van der Waals surface area contributed by atoms with Crippen molar-refractivity contribution in [3.05, 3.63) is 42.1 Å². The quantitative estimate of drug-likeness (QED) is 0.622. The summed E-state index contributed by atoms with van der Waals surface area (Å²) in [6, 6.07) is 8.95. The summed E-state index contributed by atoms with van der Waals surface area (Å²) in [6.45, 7) is 4.47. The molecule has 0 radical (unpaired) electrons. The molecule has 2 aromatic rings. The normalized spacial score (nSPS) is 20.8. The van der Waals surface area contributed by atoms with Crippen molar-refractivity contribution < 1.29 is 24.2 Å². The van der Waals surface area contributed by atoms with Gasteiger partial charge in [-0.05, 0) is 37.8 Å². The number of nitrogens with zero attached hydrogens (tertiary/aromatic N) is 3. The lowest BCUT2D eigenvalue weighted by molar-refractivity contribution is -0.131. The average molecular weight is 482 g/mol. The third-order valence-electron chi connectivity index (χ3n) is 6.98. The summed E-state index contributed by atoms with van der Waals surface area (Å²) in [5.74, 6) is 1.22. The lowest BCUT2D eigenvalue weighted by atomic mass is 9.99. The van der Waals surface area contributed by atoms with Gasteiger partial charge in [-0.25, -0.2) is 4.98 Å². The maximum absolute atomic E-state index is 13.6. The lowest BCUT2D eigenvalue weighted by Gasteiger charge is -2.37. The fourth-order valence-corrected chi connectivity index (χ4v) is 4.45. The number of ether oxygens (including phenoxy) is 2. The molecule has 3 atom stereocenters. The van der Waals surface area contributed by atoms with Gasteiger partial charge in [0.05, 0.1) is 26.3 Å². The molecule has 8 nitrogen and oxygen atoms in total. The van der Waals surface area contributed by atoms with Gasteiger partial charge in [-0.3, -0.25) is 9.59 Å². The number of likely N-dealkylation sites (N-methyl/N-ethyl adjacent to an activating group) is 1. The van der Waals surface area contributed by atoms with E-state index in [1.165, 1.54) is 0 Å². The number of hydrogen-bond acceptors (Lipinski definition) is 6. The number of para-hydroxylation sites is 1. The molecule has 2 heterocycles. The van der Waals surface area contributed by atoms with Crippen LogP contribution in [-0.2, 0) is 4.79 Å². The van der Waals surface area contributed by atoms with Crippen molar-refractivity contribution in [1.82, 2.24) is 14.8 Å². The number of aromatic nitrogens is 1. The van der Waals surface area contributed by atoms with E-state index in [1.54, 1.807) is 36.2 Å². The number of fused-ring (bicyclic) bond motifs is 1. The fraction of sp³-hybridized carbons (Fsp3) is 0.519. The second kappa shape index (κ2) is 10.6. The van der Waals surface area contributed by atoms with E-state index in [0.29, 0.717) is 36.7 Å². The molecule has 1 aliphatic carbocycles. The van der Waals surface area contributed by atoms with Crippen LogP contribution in [0.5, 0.6) is 11.6 Å². The van der Waals surface area contributed by atoms with Gasteiger partial charge in [0, 0.05) is 43.3 Å². The van der Waals surface area contributed by atoms with Crippen LogP contribution < -0.4 is 9.47 Å². The van der Waals surface area contributed by atoms with Crippen LogP contribution in [0.25, 0.3) is 11.1 Å². The van der Waals surface area contributed by atoms with Gasteiger partial charge in [0.2, 0.25) is 11.8 Å². The molecule has 0 spiro atoms. The molecule has 2 amide bonds. The molecule has 8 heteroatoms. The molecule has 0 unspecified atom stereocenters. The minimum atomic E-state index is -0.374. The standard InChI is InChI=1S/C27H35N3O5/c1-17-14-30(18(2)16-31)27(33)22-12-20(21-7-5-6-8-23(21)34-4)13-28-26(22)35-24(17)15-29(3)25(32)11-19-9-10-19/h5-8,12-13,17-19,24,31H,9-11,14-16H2,1-4H3/t17-,18-,24-/m0/s1. The monoisotopic (exact) mass is 481 g/mol. The molecular formula is C27H35N3O5. The Labute approximate surface area is 206 Å². The molecule has 2 aliphatic rings. The van der Waals surface area contributed by atoms with E-state index in [9.17, 15) is 14.7 Å². The molecule has 1 N–H and O–H groups in total. The molecule has 35 heavy (non-hydrogen) atoms. The van der Waals surface area contributed by atoms with E-state index >= 15 is 0 Å². The van der Waals surface area contributed by atoms with Crippen LogP contribution in [0.4, 0.5) is 0 Å². The zero-order valence-electron chi connectivity index (χ0n) is 20.9. The number of amides is 2. The van der Waals surface area contributed by atoms with Crippen molar-refractivity contribution in [3.8, 4) is 22.8 Å². The Balaban J connectivity index is 1.68. The number of aliphatic hydroxyl groups excluding tert-OH is 1. The van der Waals surface area contributed by atoms with Crippen molar-refractivity contribution >= 4 is 11.8 Å². The van der Waals surface area contributed by atoms with Crippen LogP contribution in [0.2, 0.25) is 0 Å². The number of pyridine rings is 1. The van der Waals surface area contributed by atoms with Crippen LogP contribution in [0.3, 0.4) is 0 Å². The number of rotatable bonds is 8. The summed E-state index contributed by atoms with van der Waals surface area (Å²) in [7, 11) is 3.41. The number of hydrogen-bond donors (Lipinski definition) is 1. The van der Waals surface area contributed by atoms with Crippen molar-refractivity contribution in [3.63, 3.8) is 0 Å². The smallest absolute Gasteiger partial charge is 0.259 e. The molecule has 1 saturated carbocycles. The number of carbonyl (C=O) groups excluding carboxylic acids is 2. The van der Waals surface area contributed by atoms with E-state index in [0.717, 1.165) is 24.0 Å². The number of carbonyl (C=O) groups is 2. The highest BCUT2D eigenvalue weighted by Crippen LogP contribution is 2.35. The summed E-state index contributed by atoms with van der Waals surface area (Å²) in [5.41, 5.74) is 1.88. The number of aliphatic hydroxyl groups is 1. The van der Waals surface area contributed by atoms with Crippen LogP contribution >= 0.6 is 0 Å². The Bertz CT molecular complexity index is 1070. The Hall–Kier alpha value is -3.13. The summed E-state index contributed by atoms with van der Waals surface area (Å²) in [6.07, 6.45) is 4.14. The van der Waals surface area contributed by atoms with Gasteiger partial charge in [0.15, 0.2) is 0 Å². The largest absolute Gasteiger partial charge is 0.496 e. The van der Waals surface area contributed by atoms with Crippen molar-refractivity contribution in [2.24, 2.45) is 11.8 Å². The molecule has 1 aromatic carbocycles. The van der Waals surface area contributed by atoms with Gasteiger partial charge < -0.3 is 24.4 Å². The maximum Gasteiger partial charge on any atom is 0.259 e. The lowest BCUT2D eigenvalue weighted by Crippen LogP contribution is -2.50. The van der Waals surface area contributed by atoms with Crippen molar-refractivity contribution in [2.75, 3.05) is 33.9 Å². The maximum atomic E-state index is 13.6. The second-order valence-electron chi connectivity index (χ2n) is 9.82. The summed E-state index contributed by atoms with van der Waals surface area (Å²) < 4.78 is 11.8. The van der Waals surface area contributed by atoms with E-state index < -0.39 is 0 Å². The predicted octanol–water partition coefficient (Wildman–Crippen LogP) is 3.24. The van der Waals surface area contributed by atoms with Crippen molar-refractivity contribution in [1.29, 1.82) is 0 Å². The second-order valence-corrected chi connectivity index (χ2v) is 9.82. The van der Waals surface area contributed by atoms with Gasteiger partial charge >= 0.3 is 0 Å². The van der Waals surface area contributed by atoms with Crippen LogP contribution in [0, 0.1) is 11.8 Å². The minimum absolute atomic E-state index is 0.0760. The van der Waals surface area contributed by atoms with Gasteiger partial charge in [0.25, 0.3) is 5.91 Å². The molecule has 0 bridgehead atoms. The third-order valence-corrected chi connectivity index (χ3v) is 6.98. The molecule has 188 valence electrons. The Morgan fingerprint density at radius 3 is 2.74 bits per heavy atom. The molecule has 1 aliphatic heterocycles. The Kier molecular flexibility index (Phi) is 7.60. The zero-order valence-corrected chi connectivity index (χ0v) is 20.9. The SMILES string of the molecule is COc1ccccc1-c1cnc2c(c1)C(=O)N([C@@H](C)CO)C[C@H](C)[C@H](CN(C)C(=O)CC1CC1)O2. The molecule has 0 saturated heterocycles. The molecule has 1 fully saturated rings. The minimum Gasteiger partial charge on any atom is -0.496 e. The topological polar surface area (TPSA) is 92.2 Å². The highest BCUT2D eigenvalue weighted by molar-refractivity contribution is 5.98. The highest BCUT2D eigenvalue weighted by Gasteiger charge is 2.35. The first-order chi connectivity index (χ1) is 16.8. The van der Waals surface area contributed by atoms with Gasteiger partial charge in [-0.1, -0.05) is 25.1 Å². The van der Waals surface area contributed by atoms with E-state index in [-0.39, 0.29) is 42.4 Å². The number of benzene rings is 1. The Morgan fingerprint density at radius 1 is 1.31 bits per heavy atom. The van der Waals surface area contributed by atoms with E-state index in [1.807, 2.05) is 38.1 Å². The first kappa shape index (κ1) is 25.0. The fourth-order valence-electron chi connectivity index (χ4n) is 4.45. The summed E-state index contributed by atoms with van der Waals surface area (Å²) in [4.78, 5) is 34.2. The van der Waals surface area contributed by atoms with Gasteiger partial charge in [-0.15, -0.1) is 0 Å². The van der Waals surface area contributed by atoms with Crippen LogP contribution in [0.1, 0.15) is 43.5 Å². The van der Waals surface area contributed by atoms with E-state index in [4.69, 9.17) is 9.47 Å². The molecule has 4 rings (SSSR count). The average Bonchev–Trinajstić information content (AvgIpc) is 3.69. The van der Waals surface area contributed by atoms with Crippen LogP contribution in [-0.4, -0.2) is 77.7 Å². The van der Waals surface area contributed by atoms with Gasteiger partial charge in [-0.2, -0.15) is 0 Å². The molecule has 1 aromatic heterocycles. The van der Waals surface area contributed by atoms with Crippen molar-refractivity contribution in [2.45, 2.75) is 45.3 Å². The summed E-state index contributed by atoms with van der Waals surface area (Å²) >= 11 is 0. The first-order valence-corrected chi connectivity index (χ1v) is 12.3. The highest BCUT2D eigenvalue weighted by atomic mass is 16.5. The number of methoxy groups -OCH3 is 1. The molecular weight excluding hydrogens is 446 g/mol. The zero-order chi connectivity index (χ0) is 25.1. The van der Waals surface area contributed by atoms with Gasteiger partial charge in [0.1, 0.15) is 17.4 Å². The third kappa shape index (κ3) is 5.59. The first-order valence-electron chi connectivity index (χ1n) is 12.3. The van der Waals surface area contributed by atoms with Crippen LogP contribution in [0.15, 0.2) is 36.5 Å². The predicted molar refractivity (Wildman–Crippen MR) is 132 cm³/mol. The summed E-state index contributed by atoms with van der Waals surface area (Å²) in [5, 5.41) is 9.87.